The maximum Gasteiger partial charge on any atom is 0.234 e. The zero-order valence-corrected chi connectivity index (χ0v) is 12.2. The Bertz CT molecular complexity index is 423. The molecular weight excluding hydrogens is 254 g/mol. The van der Waals surface area contributed by atoms with Gasteiger partial charge in [0.05, 0.1) is 6.54 Å². The van der Waals surface area contributed by atoms with Crippen molar-refractivity contribution in [2.24, 2.45) is 0 Å². The lowest BCUT2D eigenvalue weighted by Crippen LogP contribution is -2.50. The van der Waals surface area contributed by atoms with E-state index in [-0.39, 0.29) is 11.9 Å². The molecule has 1 saturated heterocycles. The summed E-state index contributed by atoms with van der Waals surface area (Å²) in [5.74, 6) is 0.797. The van der Waals surface area contributed by atoms with Gasteiger partial charge in [0.2, 0.25) is 11.9 Å². The highest BCUT2D eigenvalue weighted by molar-refractivity contribution is 5.78. The summed E-state index contributed by atoms with van der Waals surface area (Å²) >= 11 is 0. The molecule has 20 heavy (non-hydrogen) atoms. The van der Waals surface area contributed by atoms with Crippen molar-refractivity contribution in [1.82, 2.24) is 20.6 Å². The second kappa shape index (κ2) is 7.19. The predicted octanol–water partition coefficient (Wildman–Crippen LogP) is 0.560. The predicted molar refractivity (Wildman–Crippen MR) is 78.5 cm³/mol. The third kappa shape index (κ3) is 4.45. The van der Waals surface area contributed by atoms with Gasteiger partial charge < -0.3 is 15.5 Å². The first kappa shape index (κ1) is 14.7. The molecule has 0 aromatic carbocycles. The molecule has 6 heteroatoms. The molecule has 1 unspecified atom stereocenters. The van der Waals surface area contributed by atoms with Crippen molar-refractivity contribution in [2.45, 2.75) is 38.8 Å². The Morgan fingerprint density at radius 1 is 1.45 bits per heavy atom. The van der Waals surface area contributed by atoms with E-state index >= 15 is 0 Å². The van der Waals surface area contributed by atoms with Crippen LogP contribution in [0.1, 0.15) is 26.7 Å². The number of carbonyl (C=O) groups is 1. The van der Waals surface area contributed by atoms with Crippen LogP contribution in [0.4, 0.5) is 5.95 Å². The van der Waals surface area contributed by atoms with Gasteiger partial charge in [-0.25, -0.2) is 9.97 Å². The van der Waals surface area contributed by atoms with E-state index < -0.39 is 0 Å². The van der Waals surface area contributed by atoms with Crippen LogP contribution in [-0.2, 0) is 4.79 Å². The second-order valence-electron chi connectivity index (χ2n) is 5.44. The van der Waals surface area contributed by atoms with E-state index in [1.165, 1.54) is 0 Å². The average Bonchev–Trinajstić information content (AvgIpc) is 2.46. The first-order valence-corrected chi connectivity index (χ1v) is 7.20. The van der Waals surface area contributed by atoms with Crippen molar-refractivity contribution < 1.29 is 4.79 Å². The third-order valence-electron chi connectivity index (χ3n) is 3.29. The Labute approximate surface area is 120 Å². The van der Waals surface area contributed by atoms with Crippen LogP contribution in [0.15, 0.2) is 18.5 Å². The molecule has 2 heterocycles. The van der Waals surface area contributed by atoms with E-state index in [2.05, 4.69) is 25.5 Å². The molecule has 0 aliphatic carbocycles. The fourth-order valence-corrected chi connectivity index (χ4v) is 2.31. The number of piperidine rings is 1. The van der Waals surface area contributed by atoms with Crippen molar-refractivity contribution in [3.63, 3.8) is 0 Å². The van der Waals surface area contributed by atoms with Crippen molar-refractivity contribution in [2.75, 3.05) is 24.5 Å². The molecule has 0 bridgehead atoms. The summed E-state index contributed by atoms with van der Waals surface area (Å²) in [6.07, 6.45) is 5.55. The molecule has 2 rings (SSSR count). The largest absolute Gasteiger partial charge is 0.350 e. The maximum absolute atomic E-state index is 11.8. The highest BCUT2D eigenvalue weighted by atomic mass is 16.2. The number of anilines is 1. The Morgan fingerprint density at radius 3 is 2.90 bits per heavy atom. The number of carbonyl (C=O) groups excluding carboxylic acids is 1. The molecule has 1 atom stereocenters. The van der Waals surface area contributed by atoms with Gasteiger partial charge in [-0.15, -0.1) is 0 Å². The first-order valence-electron chi connectivity index (χ1n) is 7.20. The van der Waals surface area contributed by atoms with Gasteiger partial charge >= 0.3 is 0 Å². The number of rotatable bonds is 5. The van der Waals surface area contributed by atoms with Gasteiger partial charge in [0, 0.05) is 37.6 Å². The van der Waals surface area contributed by atoms with Crippen molar-refractivity contribution in [3.05, 3.63) is 18.5 Å². The van der Waals surface area contributed by atoms with E-state index in [1.54, 1.807) is 12.4 Å². The topological polar surface area (TPSA) is 70.2 Å². The molecule has 1 aliphatic heterocycles. The SMILES string of the molecule is CC(C)NCC(=O)NC1CCCN(c2ncccn2)C1. The maximum atomic E-state index is 11.8. The average molecular weight is 277 g/mol. The lowest BCUT2D eigenvalue weighted by Gasteiger charge is -2.33. The molecule has 1 amide bonds. The molecule has 0 radical (unpaired) electrons. The molecule has 1 aromatic heterocycles. The number of nitrogens with zero attached hydrogens (tertiary/aromatic N) is 3. The molecule has 1 aromatic rings. The number of aromatic nitrogens is 2. The van der Waals surface area contributed by atoms with Crippen LogP contribution in [0.2, 0.25) is 0 Å². The molecular formula is C14H23N5O. The number of hydrogen-bond acceptors (Lipinski definition) is 5. The summed E-state index contributed by atoms with van der Waals surface area (Å²) in [7, 11) is 0. The van der Waals surface area contributed by atoms with E-state index in [0.717, 1.165) is 31.9 Å². The summed E-state index contributed by atoms with van der Waals surface area (Å²) in [4.78, 5) is 22.5. The Balaban J connectivity index is 1.83. The summed E-state index contributed by atoms with van der Waals surface area (Å²) in [6.45, 7) is 6.15. The van der Waals surface area contributed by atoms with Gasteiger partial charge in [-0.1, -0.05) is 13.8 Å². The molecule has 2 N–H and O–H groups in total. The second-order valence-corrected chi connectivity index (χ2v) is 5.44. The summed E-state index contributed by atoms with van der Waals surface area (Å²) < 4.78 is 0. The zero-order chi connectivity index (χ0) is 14.4. The lowest BCUT2D eigenvalue weighted by atomic mass is 10.1. The van der Waals surface area contributed by atoms with Crippen molar-refractivity contribution in [1.29, 1.82) is 0 Å². The molecule has 0 saturated carbocycles. The van der Waals surface area contributed by atoms with Gasteiger partial charge in [0.25, 0.3) is 0 Å². The fourth-order valence-electron chi connectivity index (χ4n) is 2.31. The zero-order valence-electron chi connectivity index (χ0n) is 12.2. The van der Waals surface area contributed by atoms with Crippen molar-refractivity contribution >= 4 is 11.9 Å². The van der Waals surface area contributed by atoms with Gasteiger partial charge in [0.15, 0.2) is 0 Å². The van der Waals surface area contributed by atoms with Crippen LogP contribution in [0.3, 0.4) is 0 Å². The van der Waals surface area contributed by atoms with Crippen LogP contribution in [0.5, 0.6) is 0 Å². The van der Waals surface area contributed by atoms with Crippen LogP contribution >= 0.6 is 0 Å². The highest BCUT2D eigenvalue weighted by Crippen LogP contribution is 2.14. The molecule has 1 aliphatic rings. The molecule has 6 nitrogen and oxygen atoms in total. The van der Waals surface area contributed by atoms with Crippen LogP contribution in [0.25, 0.3) is 0 Å². The van der Waals surface area contributed by atoms with Crippen molar-refractivity contribution in [3.8, 4) is 0 Å². The van der Waals surface area contributed by atoms with Gasteiger partial charge in [0.1, 0.15) is 0 Å². The summed E-state index contributed by atoms with van der Waals surface area (Å²) in [5, 5.41) is 6.20. The van der Waals surface area contributed by atoms with Gasteiger partial charge in [-0.3, -0.25) is 4.79 Å². The summed E-state index contributed by atoms with van der Waals surface area (Å²) in [5.41, 5.74) is 0. The highest BCUT2D eigenvalue weighted by Gasteiger charge is 2.22. The van der Waals surface area contributed by atoms with Gasteiger partial charge in [-0.05, 0) is 18.9 Å². The number of hydrogen-bond donors (Lipinski definition) is 2. The standard InChI is InChI=1S/C14H23N5O/c1-11(2)17-9-13(20)18-12-5-3-8-19(10-12)14-15-6-4-7-16-14/h4,6-7,11-12,17H,3,5,8-10H2,1-2H3,(H,18,20). The van der Waals surface area contributed by atoms with E-state index in [9.17, 15) is 4.79 Å². The van der Waals surface area contributed by atoms with Gasteiger partial charge in [-0.2, -0.15) is 0 Å². The Morgan fingerprint density at radius 2 is 2.20 bits per heavy atom. The third-order valence-corrected chi connectivity index (χ3v) is 3.29. The first-order chi connectivity index (χ1) is 9.65. The van der Waals surface area contributed by atoms with E-state index in [0.29, 0.717) is 12.6 Å². The monoisotopic (exact) mass is 277 g/mol. The Kier molecular flexibility index (Phi) is 5.29. The molecule has 0 spiro atoms. The van der Waals surface area contributed by atoms with E-state index in [4.69, 9.17) is 0 Å². The van der Waals surface area contributed by atoms with Crippen LogP contribution in [-0.4, -0.2) is 47.6 Å². The Hall–Kier alpha value is -1.69. The quantitative estimate of drug-likeness (QED) is 0.823. The fraction of sp³-hybridized carbons (Fsp3) is 0.643. The number of amides is 1. The minimum absolute atomic E-state index is 0.0551. The molecule has 1 fully saturated rings. The smallest absolute Gasteiger partial charge is 0.234 e. The number of nitrogens with one attached hydrogen (secondary N) is 2. The minimum Gasteiger partial charge on any atom is -0.350 e. The normalized spacial score (nSPS) is 19.1. The molecule has 110 valence electrons. The summed E-state index contributed by atoms with van der Waals surface area (Å²) in [6, 6.07) is 2.31. The van der Waals surface area contributed by atoms with Crippen LogP contribution in [0, 0.1) is 0 Å². The van der Waals surface area contributed by atoms with Crippen LogP contribution < -0.4 is 15.5 Å². The minimum atomic E-state index is 0.0551. The van der Waals surface area contributed by atoms with E-state index in [1.807, 2.05) is 19.9 Å². The lowest BCUT2D eigenvalue weighted by molar-refractivity contribution is -0.121.